The van der Waals surface area contributed by atoms with Crippen molar-refractivity contribution in [3.63, 3.8) is 0 Å². The Morgan fingerprint density at radius 1 is 1.12 bits per heavy atom. The molecule has 0 aliphatic carbocycles. The third kappa shape index (κ3) is 6.79. The monoisotopic (exact) mass is 442 g/mol. The average molecular weight is 443 g/mol. The van der Waals surface area contributed by atoms with Crippen LogP contribution in [0.2, 0.25) is 0 Å². The molecule has 0 saturated carbocycles. The Labute approximate surface area is 188 Å². The number of carbonyl (C=O) groups is 2. The van der Waals surface area contributed by atoms with E-state index in [0.29, 0.717) is 44.8 Å². The normalized spacial score (nSPS) is 18.3. The van der Waals surface area contributed by atoms with Crippen LogP contribution in [0.5, 0.6) is 5.75 Å². The highest BCUT2D eigenvalue weighted by atomic mass is 19.1. The first-order valence-electron chi connectivity index (χ1n) is 10.9. The van der Waals surface area contributed by atoms with Crippen LogP contribution in [0.4, 0.5) is 4.39 Å². The molecular weight excluding hydrogens is 411 g/mol. The summed E-state index contributed by atoms with van der Waals surface area (Å²) >= 11 is 0. The van der Waals surface area contributed by atoms with Crippen molar-refractivity contribution in [1.29, 1.82) is 0 Å². The van der Waals surface area contributed by atoms with Gasteiger partial charge in [-0.15, -0.1) is 0 Å². The topological polar surface area (TPSA) is 59.1 Å². The maximum atomic E-state index is 13.3. The number of hydrogen-bond donors (Lipinski definition) is 0. The molecule has 3 rings (SSSR count). The first kappa shape index (κ1) is 23.7. The quantitative estimate of drug-likeness (QED) is 0.596. The van der Waals surface area contributed by atoms with E-state index in [1.54, 1.807) is 36.1 Å². The van der Waals surface area contributed by atoms with Gasteiger partial charge in [0.15, 0.2) is 0 Å². The lowest BCUT2D eigenvalue weighted by Gasteiger charge is -2.39. The van der Waals surface area contributed by atoms with E-state index >= 15 is 0 Å². The number of rotatable bonds is 9. The minimum atomic E-state index is -0.329. The van der Waals surface area contributed by atoms with Crippen molar-refractivity contribution >= 4 is 11.8 Å². The summed E-state index contributed by atoms with van der Waals surface area (Å²) in [6.07, 6.45) is 0.954. The van der Waals surface area contributed by atoms with Gasteiger partial charge < -0.3 is 19.3 Å². The molecule has 6 nitrogen and oxygen atoms in total. The fourth-order valence-electron chi connectivity index (χ4n) is 3.95. The summed E-state index contributed by atoms with van der Waals surface area (Å²) in [5.74, 6) is 0.0850. The molecule has 2 atom stereocenters. The van der Waals surface area contributed by atoms with Gasteiger partial charge in [0.25, 0.3) is 0 Å². The molecule has 0 radical (unpaired) electrons. The maximum Gasteiger partial charge on any atom is 0.224 e. The molecule has 1 heterocycles. The molecule has 1 aliphatic rings. The zero-order chi connectivity index (χ0) is 22.9. The number of amides is 2. The number of likely N-dealkylation sites (tertiary alicyclic amines) is 1. The smallest absolute Gasteiger partial charge is 0.224 e. The lowest BCUT2D eigenvalue weighted by molar-refractivity contribution is -0.139. The lowest BCUT2D eigenvalue weighted by atomic mass is 9.90. The molecule has 0 N–H and O–H groups in total. The highest BCUT2D eigenvalue weighted by Crippen LogP contribution is 2.27. The summed E-state index contributed by atoms with van der Waals surface area (Å²) in [5, 5.41) is 0. The zero-order valence-electron chi connectivity index (χ0n) is 18.7. The first-order chi connectivity index (χ1) is 15.5. The SMILES string of the molecule is COCCC(=O)N1CC[C@H](Oc2ccc(F)cc2)[C@@H](CC(=O)N(C)Cc2ccccc2)C1. The van der Waals surface area contributed by atoms with Gasteiger partial charge in [-0.25, -0.2) is 4.39 Å². The average Bonchev–Trinajstić information content (AvgIpc) is 2.80. The number of halogens is 1. The van der Waals surface area contributed by atoms with E-state index in [1.807, 2.05) is 30.3 Å². The largest absolute Gasteiger partial charge is 0.490 e. The van der Waals surface area contributed by atoms with Gasteiger partial charge in [0.2, 0.25) is 11.8 Å². The fraction of sp³-hybridized carbons (Fsp3) is 0.440. The number of ether oxygens (including phenoxy) is 2. The molecule has 32 heavy (non-hydrogen) atoms. The van der Waals surface area contributed by atoms with Gasteiger partial charge in [-0.1, -0.05) is 30.3 Å². The van der Waals surface area contributed by atoms with Gasteiger partial charge in [-0.3, -0.25) is 9.59 Å². The highest BCUT2D eigenvalue weighted by molar-refractivity contribution is 5.78. The van der Waals surface area contributed by atoms with Crippen molar-refractivity contribution in [2.75, 3.05) is 33.9 Å². The Balaban J connectivity index is 1.67. The van der Waals surface area contributed by atoms with E-state index < -0.39 is 0 Å². The number of methoxy groups -OCH3 is 1. The van der Waals surface area contributed by atoms with Gasteiger partial charge in [0.1, 0.15) is 17.7 Å². The molecule has 7 heteroatoms. The Bertz CT molecular complexity index is 875. The van der Waals surface area contributed by atoms with Crippen LogP contribution in [0.3, 0.4) is 0 Å². The summed E-state index contributed by atoms with van der Waals surface area (Å²) in [6, 6.07) is 15.7. The van der Waals surface area contributed by atoms with Gasteiger partial charge >= 0.3 is 0 Å². The molecule has 172 valence electrons. The summed E-state index contributed by atoms with van der Waals surface area (Å²) in [4.78, 5) is 29.0. The van der Waals surface area contributed by atoms with E-state index in [-0.39, 0.29) is 36.1 Å². The van der Waals surface area contributed by atoms with Crippen LogP contribution >= 0.6 is 0 Å². The van der Waals surface area contributed by atoms with Crippen molar-refractivity contribution < 1.29 is 23.5 Å². The second-order valence-corrected chi connectivity index (χ2v) is 8.18. The molecule has 0 aromatic heterocycles. The van der Waals surface area contributed by atoms with Gasteiger partial charge in [-0.05, 0) is 29.8 Å². The van der Waals surface area contributed by atoms with Crippen LogP contribution in [0.25, 0.3) is 0 Å². The van der Waals surface area contributed by atoms with Crippen LogP contribution in [0, 0.1) is 11.7 Å². The van der Waals surface area contributed by atoms with Crippen molar-refractivity contribution in [2.24, 2.45) is 5.92 Å². The van der Waals surface area contributed by atoms with E-state index in [9.17, 15) is 14.0 Å². The van der Waals surface area contributed by atoms with Gasteiger partial charge in [-0.2, -0.15) is 0 Å². The second-order valence-electron chi connectivity index (χ2n) is 8.18. The zero-order valence-corrected chi connectivity index (χ0v) is 18.7. The predicted molar refractivity (Wildman–Crippen MR) is 120 cm³/mol. The van der Waals surface area contributed by atoms with Crippen LogP contribution in [-0.4, -0.2) is 61.6 Å². The molecule has 2 aromatic carbocycles. The van der Waals surface area contributed by atoms with Crippen LogP contribution in [0.1, 0.15) is 24.8 Å². The van der Waals surface area contributed by atoms with Crippen molar-refractivity contribution in [3.8, 4) is 5.75 Å². The Morgan fingerprint density at radius 2 is 1.84 bits per heavy atom. The predicted octanol–water partition coefficient (Wildman–Crippen LogP) is 3.51. The standard InChI is InChI=1S/C25H31FN2O4/c1-27(17-19-6-4-3-5-7-19)25(30)16-20-18-28(24(29)13-15-31-2)14-12-23(20)32-22-10-8-21(26)9-11-22/h3-11,20,23H,12-18H2,1-2H3/t20-,23-/m0/s1. The van der Waals surface area contributed by atoms with E-state index in [4.69, 9.17) is 9.47 Å². The van der Waals surface area contributed by atoms with E-state index in [0.717, 1.165) is 5.56 Å². The Morgan fingerprint density at radius 3 is 2.53 bits per heavy atom. The fourth-order valence-corrected chi connectivity index (χ4v) is 3.95. The van der Waals surface area contributed by atoms with E-state index in [2.05, 4.69) is 0 Å². The molecule has 0 unspecified atom stereocenters. The molecule has 1 fully saturated rings. The summed E-state index contributed by atoms with van der Waals surface area (Å²) in [7, 11) is 3.36. The van der Waals surface area contributed by atoms with Crippen molar-refractivity contribution in [1.82, 2.24) is 9.80 Å². The third-order valence-electron chi connectivity index (χ3n) is 5.76. The number of benzene rings is 2. The number of carbonyl (C=O) groups excluding carboxylic acids is 2. The molecule has 2 aromatic rings. The number of nitrogens with zero attached hydrogens (tertiary/aromatic N) is 2. The minimum absolute atomic E-state index is 0.00208. The molecule has 0 bridgehead atoms. The van der Waals surface area contributed by atoms with Crippen LogP contribution < -0.4 is 4.74 Å². The molecule has 2 amide bonds. The minimum Gasteiger partial charge on any atom is -0.490 e. The first-order valence-corrected chi connectivity index (χ1v) is 10.9. The molecular formula is C25H31FN2O4. The Hall–Kier alpha value is -2.93. The highest BCUT2D eigenvalue weighted by Gasteiger charge is 2.34. The maximum absolute atomic E-state index is 13.3. The molecule has 0 spiro atoms. The summed E-state index contributed by atoms with van der Waals surface area (Å²) in [5.41, 5.74) is 1.06. The number of hydrogen-bond acceptors (Lipinski definition) is 4. The third-order valence-corrected chi connectivity index (χ3v) is 5.76. The van der Waals surface area contributed by atoms with Gasteiger partial charge in [0, 0.05) is 52.6 Å². The summed E-state index contributed by atoms with van der Waals surface area (Å²) < 4.78 is 24.4. The van der Waals surface area contributed by atoms with Crippen LogP contribution in [-0.2, 0) is 20.9 Å². The number of piperidine rings is 1. The van der Waals surface area contributed by atoms with Crippen molar-refractivity contribution in [3.05, 3.63) is 66.0 Å². The second kappa shape index (κ2) is 11.6. The molecule has 1 saturated heterocycles. The lowest BCUT2D eigenvalue weighted by Crippen LogP contribution is -2.49. The molecule has 1 aliphatic heterocycles. The summed E-state index contributed by atoms with van der Waals surface area (Å²) in [6.45, 7) is 1.89. The van der Waals surface area contributed by atoms with Crippen molar-refractivity contribution in [2.45, 2.75) is 31.9 Å². The van der Waals surface area contributed by atoms with Crippen LogP contribution in [0.15, 0.2) is 54.6 Å². The van der Waals surface area contributed by atoms with Gasteiger partial charge in [0.05, 0.1) is 13.0 Å². The van der Waals surface area contributed by atoms with E-state index in [1.165, 1.54) is 12.1 Å². The Kier molecular flexibility index (Phi) is 8.62.